The molecule has 38 heavy (non-hydrogen) atoms. The fourth-order valence-corrected chi connectivity index (χ4v) is 5.00. The van der Waals surface area contributed by atoms with Crippen LogP contribution in [0, 0.1) is 11.2 Å². The molecule has 2 aliphatic heterocycles. The molecule has 1 spiro atoms. The highest BCUT2D eigenvalue weighted by atomic mass is 19.4. The molecule has 2 fully saturated rings. The van der Waals surface area contributed by atoms with Gasteiger partial charge in [0, 0.05) is 50.3 Å². The normalized spacial score (nSPS) is 18.4. The van der Waals surface area contributed by atoms with Gasteiger partial charge in [-0.1, -0.05) is 12.1 Å². The van der Waals surface area contributed by atoms with Crippen molar-refractivity contribution >= 4 is 17.4 Å². The van der Waals surface area contributed by atoms with Gasteiger partial charge in [0.25, 0.3) is 0 Å². The van der Waals surface area contributed by atoms with E-state index in [1.165, 1.54) is 29.2 Å². The van der Waals surface area contributed by atoms with Gasteiger partial charge in [0.05, 0.1) is 6.04 Å². The lowest BCUT2D eigenvalue weighted by Gasteiger charge is -2.62. The topological polar surface area (TPSA) is 86.0 Å². The average molecular weight is 546 g/mol. The Morgan fingerprint density at radius 1 is 1.00 bits per heavy atom. The van der Waals surface area contributed by atoms with Crippen molar-refractivity contribution in [3.8, 4) is 0 Å². The maximum atomic E-state index is 13.6. The summed E-state index contributed by atoms with van der Waals surface area (Å²) < 4.78 is 94.2. The number of hydrogen-bond acceptors (Lipinski definition) is 6. The predicted octanol–water partition coefficient (Wildman–Crippen LogP) is 3.20. The summed E-state index contributed by atoms with van der Waals surface area (Å²) in [4.78, 5) is 18.5. The van der Waals surface area contributed by atoms with Gasteiger partial charge in [-0.2, -0.15) is 36.0 Å². The number of hydrogen-bond donors (Lipinski definition) is 2. The highest BCUT2D eigenvalue weighted by Crippen LogP contribution is 2.44. The number of benzene rings is 1. The summed E-state index contributed by atoms with van der Waals surface area (Å²) in [6.45, 7) is 1.29. The van der Waals surface area contributed by atoms with E-state index in [0.29, 0.717) is 48.4 Å². The lowest BCUT2D eigenvalue weighted by molar-refractivity contribution is -0.165. The zero-order valence-electron chi connectivity index (χ0n) is 19.5. The molecule has 204 valence electrons. The number of halogens is 7. The van der Waals surface area contributed by atoms with E-state index >= 15 is 0 Å². The van der Waals surface area contributed by atoms with Gasteiger partial charge in [0.1, 0.15) is 18.2 Å². The molecule has 5 rings (SSSR count). The number of carbonyl (C=O) groups excluding carboxylic acids is 1. The van der Waals surface area contributed by atoms with Crippen LogP contribution < -0.4 is 5.32 Å². The summed E-state index contributed by atoms with van der Waals surface area (Å²) in [7, 11) is 0. The molecule has 1 atom stereocenters. The van der Waals surface area contributed by atoms with Crippen LogP contribution in [0.25, 0.3) is 5.65 Å². The number of rotatable bonds is 6. The third-order valence-corrected chi connectivity index (χ3v) is 6.80. The third-order valence-electron chi connectivity index (χ3n) is 6.80. The predicted molar refractivity (Wildman–Crippen MR) is 118 cm³/mol. The highest BCUT2D eigenvalue weighted by molar-refractivity contribution is 5.78. The fraction of sp³-hybridized carbons (Fsp3) is 0.435. The second-order valence-corrected chi connectivity index (χ2v) is 9.58. The van der Waals surface area contributed by atoms with Crippen LogP contribution in [-0.4, -0.2) is 74.7 Å². The van der Waals surface area contributed by atoms with Gasteiger partial charge < -0.3 is 15.3 Å². The first-order valence-corrected chi connectivity index (χ1v) is 11.5. The largest absolute Gasteiger partial charge is 0.435 e. The molecule has 1 amide bonds. The summed E-state index contributed by atoms with van der Waals surface area (Å²) in [5, 5.41) is 15.2. The van der Waals surface area contributed by atoms with Crippen LogP contribution in [0.15, 0.2) is 36.4 Å². The second kappa shape index (κ2) is 9.08. The van der Waals surface area contributed by atoms with E-state index in [0.717, 1.165) is 0 Å². The van der Waals surface area contributed by atoms with Crippen molar-refractivity contribution in [1.82, 2.24) is 24.4 Å². The average Bonchev–Trinajstić information content (AvgIpc) is 3.24. The van der Waals surface area contributed by atoms with E-state index < -0.39 is 47.9 Å². The number of amides is 1. The highest BCUT2D eigenvalue weighted by Gasteiger charge is 2.54. The molecule has 8 nitrogen and oxygen atoms in total. The zero-order chi connectivity index (χ0) is 27.5. The molecule has 2 N–H and O–H groups in total. The molecule has 4 heterocycles. The van der Waals surface area contributed by atoms with E-state index in [1.54, 1.807) is 0 Å². The smallest absolute Gasteiger partial charge is 0.387 e. The van der Waals surface area contributed by atoms with Crippen LogP contribution in [0.4, 0.5) is 36.6 Å². The van der Waals surface area contributed by atoms with Crippen molar-refractivity contribution < 1.29 is 40.6 Å². The Hall–Kier alpha value is -3.46. The van der Waals surface area contributed by atoms with Crippen molar-refractivity contribution in [2.24, 2.45) is 5.41 Å². The number of aromatic nitrogens is 3. The SMILES string of the molecule is O=C(CO)N1CC2(C1)CN([C@@H](CNc1cc(C(F)(F)F)nc3cc(C(F)(F)F)nn13)c1ccc(F)cc1)C2. The van der Waals surface area contributed by atoms with Crippen molar-refractivity contribution in [2.75, 3.05) is 44.6 Å². The molecule has 0 unspecified atom stereocenters. The molecule has 0 aliphatic carbocycles. The summed E-state index contributed by atoms with van der Waals surface area (Å²) in [6.07, 6.45) is -9.80. The number of nitrogens with zero attached hydrogens (tertiary/aromatic N) is 5. The Morgan fingerprint density at radius 3 is 2.21 bits per heavy atom. The van der Waals surface area contributed by atoms with Crippen LogP contribution in [0.2, 0.25) is 0 Å². The van der Waals surface area contributed by atoms with Gasteiger partial charge >= 0.3 is 12.4 Å². The molecule has 0 radical (unpaired) electrons. The Labute approximate surface area is 210 Å². The summed E-state index contributed by atoms with van der Waals surface area (Å²) in [5.41, 5.74) is -2.96. The second-order valence-electron chi connectivity index (χ2n) is 9.58. The van der Waals surface area contributed by atoms with Gasteiger partial charge in [-0.3, -0.25) is 9.69 Å². The minimum absolute atomic E-state index is 0.0430. The fourth-order valence-electron chi connectivity index (χ4n) is 5.00. The Kier molecular flexibility index (Phi) is 6.25. The molecule has 2 saturated heterocycles. The Morgan fingerprint density at radius 2 is 1.63 bits per heavy atom. The number of aliphatic hydroxyl groups is 1. The quantitative estimate of drug-likeness (QED) is 0.462. The molecule has 3 aromatic rings. The minimum atomic E-state index is -4.91. The van der Waals surface area contributed by atoms with Crippen LogP contribution in [0.3, 0.4) is 0 Å². The van der Waals surface area contributed by atoms with E-state index in [1.807, 2.05) is 4.90 Å². The number of likely N-dealkylation sites (tertiary alicyclic amines) is 2. The summed E-state index contributed by atoms with van der Waals surface area (Å²) >= 11 is 0. The van der Waals surface area contributed by atoms with Crippen LogP contribution in [0.1, 0.15) is 23.0 Å². The number of anilines is 1. The Balaban J connectivity index is 1.41. The summed E-state index contributed by atoms with van der Waals surface area (Å²) in [5.74, 6) is -1.21. The first kappa shape index (κ1) is 26.2. The number of nitrogens with one attached hydrogen (secondary N) is 1. The molecule has 2 aromatic heterocycles. The first-order valence-electron chi connectivity index (χ1n) is 11.5. The monoisotopic (exact) mass is 546 g/mol. The number of alkyl halides is 6. The van der Waals surface area contributed by atoms with E-state index in [9.17, 15) is 35.5 Å². The van der Waals surface area contributed by atoms with Gasteiger partial charge in [-0.15, -0.1) is 0 Å². The third kappa shape index (κ3) is 4.87. The van der Waals surface area contributed by atoms with Crippen molar-refractivity contribution in [1.29, 1.82) is 0 Å². The Bertz CT molecular complexity index is 1340. The lowest BCUT2D eigenvalue weighted by atomic mass is 9.71. The van der Waals surface area contributed by atoms with Gasteiger partial charge in [-0.05, 0) is 17.7 Å². The van der Waals surface area contributed by atoms with Crippen molar-refractivity contribution in [3.05, 3.63) is 59.2 Å². The van der Waals surface area contributed by atoms with Crippen LogP contribution >= 0.6 is 0 Å². The summed E-state index contributed by atoms with van der Waals surface area (Å²) in [6, 6.07) is 6.05. The number of carbonyl (C=O) groups is 1. The van der Waals surface area contributed by atoms with Gasteiger partial charge in [0.2, 0.25) is 5.91 Å². The molecule has 1 aromatic carbocycles. The lowest BCUT2D eigenvalue weighted by Crippen LogP contribution is -2.73. The maximum absolute atomic E-state index is 13.6. The van der Waals surface area contributed by atoms with E-state index in [2.05, 4.69) is 15.4 Å². The number of fused-ring (bicyclic) bond motifs is 1. The molecule has 2 aliphatic rings. The minimum Gasteiger partial charge on any atom is -0.387 e. The first-order chi connectivity index (χ1) is 17.8. The van der Waals surface area contributed by atoms with E-state index in [4.69, 9.17) is 5.11 Å². The zero-order valence-corrected chi connectivity index (χ0v) is 19.5. The van der Waals surface area contributed by atoms with Gasteiger partial charge in [-0.25, -0.2) is 9.37 Å². The van der Waals surface area contributed by atoms with E-state index in [-0.39, 0.29) is 23.7 Å². The van der Waals surface area contributed by atoms with Gasteiger partial charge in [0.15, 0.2) is 17.0 Å². The molecule has 0 bridgehead atoms. The molecule has 15 heteroatoms. The van der Waals surface area contributed by atoms with Crippen molar-refractivity contribution in [2.45, 2.75) is 18.4 Å². The molecule has 0 saturated carbocycles. The standard InChI is InChI=1S/C23H21F7N6O2/c24-14-3-1-13(2-4-14)15(34-9-21(10-34)11-35(12-21)20(38)8-37)7-31-18-5-16(22(25,26)27)32-19-6-17(23(28,29)30)33-36(18)19/h1-6,15,31,37H,7-12H2/t15-/m0/s1. The molecular formula is C23H21F7N6O2. The van der Waals surface area contributed by atoms with Crippen LogP contribution in [-0.2, 0) is 17.1 Å². The van der Waals surface area contributed by atoms with Crippen LogP contribution in [0.5, 0.6) is 0 Å². The molecular weight excluding hydrogens is 525 g/mol. The maximum Gasteiger partial charge on any atom is 0.435 e. The van der Waals surface area contributed by atoms with Crippen molar-refractivity contribution in [3.63, 3.8) is 0 Å². The number of aliphatic hydroxyl groups excluding tert-OH is 1.